The van der Waals surface area contributed by atoms with Gasteiger partial charge in [-0.05, 0) is 121 Å². The van der Waals surface area contributed by atoms with Crippen molar-refractivity contribution in [2.24, 2.45) is 0 Å². The monoisotopic (exact) mass is 954 g/mol. The van der Waals surface area contributed by atoms with Crippen molar-refractivity contribution in [3.63, 3.8) is 0 Å². The highest BCUT2D eigenvalue weighted by Gasteiger charge is 2.47. The maximum Gasteiger partial charge on any atom is 0.0714 e. The number of hydrogen-bond acceptors (Lipinski definition) is 1. The number of benzene rings is 12. The number of hydrogen-bond donors (Lipinski definition) is 0. The van der Waals surface area contributed by atoms with Crippen LogP contribution in [0.25, 0.3) is 83.1 Å². The molecule has 2 heteroatoms. The third kappa shape index (κ3) is 7.33. The number of anilines is 3. The van der Waals surface area contributed by atoms with Gasteiger partial charge in [0.15, 0.2) is 0 Å². The van der Waals surface area contributed by atoms with Crippen LogP contribution in [0.15, 0.2) is 303 Å². The highest BCUT2D eigenvalue weighted by molar-refractivity contribution is 6.11. The molecule has 0 bridgehead atoms. The fraction of sp³-hybridized carbons (Fsp3) is 0.0137. The molecule has 352 valence electrons. The summed E-state index contributed by atoms with van der Waals surface area (Å²) in [5.41, 5.74) is 23.5. The molecular formula is C73H50N2. The van der Waals surface area contributed by atoms with Crippen molar-refractivity contribution in [3.8, 4) is 61.3 Å². The minimum absolute atomic E-state index is 0.492. The van der Waals surface area contributed by atoms with E-state index in [0.717, 1.165) is 33.8 Å². The summed E-state index contributed by atoms with van der Waals surface area (Å²) in [7, 11) is 0. The Labute approximate surface area is 438 Å². The van der Waals surface area contributed by atoms with Crippen molar-refractivity contribution in [2.75, 3.05) is 4.90 Å². The maximum absolute atomic E-state index is 2.52. The van der Waals surface area contributed by atoms with Crippen molar-refractivity contribution >= 4 is 38.9 Å². The van der Waals surface area contributed by atoms with E-state index in [1.54, 1.807) is 0 Å². The van der Waals surface area contributed by atoms with Crippen LogP contribution < -0.4 is 4.90 Å². The van der Waals surface area contributed by atoms with Gasteiger partial charge >= 0.3 is 0 Å². The number of rotatable bonds is 10. The van der Waals surface area contributed by atoms with Crippen LogP contribution >= 0.6 is 0 Å². The van der Waals surface area contributed by atoms with Crippen molar-refractivity contribution in [1.82, 2.24) is 4.57 Å². The second kappa shape index (κ2) is 18.4. The molecule has 75 heavy (non-hydrogen) atoms. The zero-order valence-electron chi connectivity index (χ0n) is 41.3. The van der Waals surface area contributed by atoms with Crippen LogP contribution in [0.5, 0.6) is 0 Å². The lowest BCUT2D eigenvalue weighted by Gasteiger charge is -2.34. The highest BCUT2D eigenvalue weighted by Crippen LogP contribution is 2.58. The van der Waals surface area contributed by atoms with Crippen molar-refractivity contribution in [2.45, 2.75) is 5.41 Å². The first-order chi connectivity index (χ1) is 37.2. The lowest BCUT2D eigenvalue weighted by molar-refractivity contribution is 0.768. The molecule has 0 fully saturated rings. The molecule has 0 radical (unpaired) electrons. The van der Waals surface area contributed by atoms with Crippen molar-refractivity contribution in [3.05, 3.63) is 326 Å². The van der Waals surface area contributed by atoms with E-state index in [9.17, 15) is 0 Å². The van der Waals surface area contributed by atoms with Crippen LogP contribution in [0.1, 0.15) is 22.3 Å². The zero-order chi connectivity index (χ0) is 49.7. The van der Waals surface area contributed by atoms with Crippen molar-refractivity contribution in [1.29, 1.82) is 0 Å². The summed E-state index contributed by atoms with van der Waals surface area (Å²) in [6, 6.07) is 111. The Morgan fingerprint density at radius 3 is 1.45 bits per heavy atom. The average molecular weight is 955 g/mol. The molecule has 0 amide bonds. The summed E-state index contributed by atoms with van der Waals surface area (Å²) in [5.74, 6) is 0. The molecule has 12 aromatic carbocycles. The topological polar surface area (TPSA) is 8.17 Å². The minimum atomic E-state index is -0.492. The van der Waals surface area contributed by atoms with E-state index in [2.05, 4.69) is 313 Å². The molecule has 0 saturated carbocycles. The number of aromatic nitrogens is 1. The van der Waals surface area contributed by atoms with Gasteiger partial charge < -0.3 is 9.47 Å². The third-order valence-corrected chi connectivity index (χ3v) is 15.5. The largest absolute Gasteiger partial charge is 0.310 e. The molecule has 1 aliphatic carbocycles. The lowest BCUT2D eigenvalue weighted by atomic mass is 9.68. The van der Waals surface area contributed by atoms with Gasteiger partial charge in [0.05, 0.1) is 27.8 Å². The standard InChI is InChI=1S/C73H50N2/c1-5-21-51(22-6-1)55-23-19-24-56(49-55)53-43-46-61(47-44-53)74(60-29-11-4-12-30-60)68-36-17-14-31-62(68)54-41-39-52(40-42-54)57-45-48-64-63-32-15-18-37-69(63)75(71(64)50-57)70-38-20-35-67-72(70)65-33-13-16-34-66(65)73(67,58-25-7-2-8-26-58)59-27-9-3-10-28-59/h1-50H. The van der Waals surface area contributed by atoms with Gasteiger partial charge in [-0.15, -0.1) is 0 Å². The summed E-state index contributed by atoms with van der Waals surface area (Å²) >= 11 is 0. The van der Waals surface area contributed by atoms with E-state index in [0.29, 0.717) is 0 Å². The molecule has 2 nitrogen and oxygen atoms in total. The van der Waals surface area contributed by atoms with Crippen LogP contribution in [0.2, 0.25) is 0 Å². The Morgan fingerprint density at radius 1 is 0.280 bits per heavy atom. The number of para-hydroxylation sites is 3. The SMILES string of the molecule is c1ccc(-c2cccc(-c3ccc(N(c4ccccc4)c4ccccc4-c4ccc(-c5ccc6c7ccccc7n(-c7cccc8c7-c7ccccc7C8(c7ccccc7)c7ccccc7)c6c5)cc4)cc3)c2)cc1. The first kappa shape index (κ1) is 44.0. The third-order valence-electron chi connectivity index (χ3n) is 15.5. The van der Waals surface area contributed by atoms with Gasteiger partial charge in [-0.3, -0.25) is 0 Å². The van der Waals surface area contributed by atoms with Crippen molar-refractivity contribution < 1.29 is 0 Å². The Kier molecular flexibility index (Phi) is 10.8. The van der Waals surface area contributed by atoms with E-state index >= 15 is 0 Å². The van der Waals surface area contributed by atoms with E-state index in [1.165, 1.54) is 88.7 Å². The predicted molar refractivity (Wildman–Crippen MR) is 315 cm³/mol. The fourth-order valence-corrected chi connectivity index (χ4v) is 12.1. The molecule has 1 aliphatic rings. The Balaban J connectivity index is 0.860. The molecule has 1 aromatic heterocycles. The second-order valence-electron chi connectivity index (χ2n) is 19.6. The average Bonchev–Trinajstić information content (AvgIpc) is 4.08. The van der Waals surface area contributed by atoms with E-state index in [4.69, 9.17) is 0 Å². The molecule has 14 rings (SSSR count). The maximum atomic E-state index is 2.52. The summed E-state index contributed by atoms with van der Waals surface area (Å²) < 4.78 is 2.52. The van der Waals surface area contributed by atoms with E-state index < -0.39 is 5.41 Å². The lowest BCUT2D eigenvalue weighted by Crippen LogP contribution is -2.28. The first-order valence-corrected chi connectivity index (χ1v) is 25.9. The van der Waals surface area contributed by atoms with Gasteiger partial charge in [-0.25, -0.2) is 0 Å². The summed E-state index contributed by atoms with van der Waals surface area (Å²) in [6.45, 7) is 0. The number of fused-ring (bicyclic) bond motifs is 6. The van der Waals surface area contributed by atoms with Gasteiger partial charge in [0.2, 0.25) is 0 Å². The van der Waals surface area contributed by atoms with E-state index in [1.807, 2.05) is 0 Å². The molecule has 13 aromatic rings. The van der Waals surface area contributed by atoms with E-state index in [-0.39, 0.29) is 0 Å². The molecular weight excluding hydrogens is 905 g/mol. The van der Waals surface area contributed by atoms with Gasteiger partial charge in [-0.2, -0.15) is 0 Å². The van der Waals surface area contributed by atoms with Gasteiger partial charge in [0.1, 0.15) is 0 Å². The van der Waals surface area contributed by atoms with Crippen LogP contribution in [0, 0.1) is 0 Å². The molecule has 0 saturated heterocycles. The van der Waals surface area contributed by atoms with Crippen LogP contribution in [0.4, 0.5) is 17.1 Å². The highest BCUT2D eigenvalue weighted by atomic mass is 15.1. The van der Waals surface area contributed by atoms with Gasteiger partial charge in [0.25, 0.3) is 0 Å². The second-order valence-corrected chi connectivity index (χ2v) is 19.6. The zero-order valence-corrected chi connectivity index (χ0v) is 41.3. The smallest absolute Gasteiger partial charge is 0.0714 e. The normalized spacial score (nSPS) is 12.4. The summed E-state index contributed by atoms with van der Waals surface area (Å²) in [6.07, 6.45) is 0. The fourth-order valence-electron chi connectivity index (χ4n) is 12.1. The van der Waals surface area contributed by atoms with Crippen LogP contribution in [-0.4, -0.2) is 4.57 Å². The molecule has 0 aliphatic heterocycles. The molecule has 1 heterocycles. The predicted octanol–water partition coefficient (Wildman–Crippen LogP) is 19.3. The molecule has 0 N–H and O–H groups in total. The molecule has 0 unspecified atom stereocenters. The first-order valence-electron chi connectivity index (χ1n) is 25.9. The minimum Gasteiger partial charge on any atom is -0.310 e. The number of nitrogens with zero attached hydrogens (tertiary/aromatic N) is 2. The quantitative estimate of drug-likeness (QED) is 0.133. The summed E-state index contributed by atoms with van der Waals surface area (Å²) in [4.78, 5) is 2.38. The van der Waals surface area contributed by atoms with Gasteiger partial charge in [-0.1, -0.05) is 249 Å². The summed E-state index contributed by atoms with van der Waals surface area (Å²) in [5, 5.41) is 2.47. The Hall–Kier alpha value is -9.76. The molecule has 0 atom stereocenters. The Morgan fingerprint density at radius 2 is 0.747 bits per heavy atom. The van der Waals surface area contributed by atoms with Crippen LogP contribution in [-0.2, 0) is 5.41 Å². The van der Waals surface area contributed by atoms with Gasteiger partial charge in [0, 0.05) is 33.3 Å². The Bertz CT molecular complexity index is 4160. The van der Waals surface area contributed by atoms with Crippen LogP contribution in [0.3, 0.4) is 0 Å². The molecule has 0 spiro atoms.